The minimum Gasteiger partial charge on any atom is -0.307 e. The normalized spacial score (nSPS) is 21.7. The molecule has 0 spiro atoms. The highest BCUT2D eigenvalue weighted by Crippen LogP contribution is 2.44. The van der Waals surface area contributed by atoms with Crippen molar-refractivity contribution in [1.82, 2.24) is 20.3 Å². The van der Waals surface area contributed by atoms with Crippen LogP contribution in [0.15, 0.2) is 41.2 Å². The molecule has 2 unspecified atom stereocenters. The zero-order chi connectivity index (χ0) is 20.4. The fourth-order valence-electron chi connectivity index (χ4n) is 4.99. The van der Waals surface area contributed by atoms with Gasteiger partial charge in [0.05, 0.1) is 11.9 Å². The number of allylic oxidation sites excluding steroid dienone is 2. The highest BCUT2D eigenvalue weighted by molar-refractivity contribution is 7.13. The molecule has 154 valence electrons. The number of hydrogen-bond donors (Lipinski definition) is 1. The topological polar surface area (TPSA) is 50.7 Å². The van der Waals surface area contributed by atoms with Crippen molar-refractivity contribution >= 4 is 16.9 Å². The highest BCUT2D eigenvalue weighted by Gasteiger charge is 2.32. The Labute approximate surface area is 178 Å². The van der Waals surface area contributed by atoms with Crippen LogP contribution < -0.4 is 5.32 Å². The van der Waals surface area contributed by atoms with Gasteiger partial charge in [0, 0.05) is 35.8 Å². The van der Waals surface area contributed by atoms with Gasteiger partial charge in [-0.05, 0) is 43.8 Å². The maximum atomic E-state index is 4.94. The predicted molar refractivity (Wildman–Crippen MR) is 122 cm³/mol. The molecular formula is C24H32N4S. The van der Waals surface area contributed by atoms with Crippen molar-refractivity contribution in [3.63, 3.8) is 0 Å². The van der Waals surface area contributed by atoms with Crippen LogP contribution in [0.25, 0.3) is 16.3 Å². The number of hydrogen-bond acceptors (Lipinski definition) is 5. The Bertz CT molecular complexity index is 891. The quantitative estimate of drug-likeness (QED) is 0.647. The van der Waals surface area contributed by atoms with Crippen molar-refractivity contribution in [3.05, 3.63) is 46.9 Å². The molecule has 2 atom stereocenters. The van der Waals surface area contributed by atoms with Gasteiger partial charge in [0.15, 0.2) is 0 Å². The molecule has 1 saturated carbocycles. The lowest BCUT2D eigenvalue weighted by atomic mass is 9.84. The van der Waals surface area contributed by atoms with Crippen LogP contribution in [0.1, 0.15) is 65.5 Å². The molecule has 0 saturated heterocycles. The zero-order valence-electron chi connectivity index (χ0n) is 18.0. The number of nitrogens with one attached hydrogen (secondary N) is 1. The summed E-state index contributed by atoms with van der Waals surface area (Å²) in [7, 11) is 0. The van der Waals surface area contributed by atoms with Crippen LogP contribution in [-0.4, -0.2) is 27.0 Å². The van der Waals surface area contributed by atoms with E-state index in [9.17, 15) is 0 Å². The smallest absolute Gasteiger partial charge is 0.144 e. The van der Waals surface area contributed by atoms with Crippen molar-refractivity contribution in [2.24, 2.45) is 11.8 Å². The Hall–Kier alpha value is -1.85. The molecule has 0 aliphatic heterocycles. The van der Waals surface area contributed by atoms with Crippen molar-refractivity contribution in [2.45, 2.75) is 71.9 Å². The lowest BCUT2D eigenvalue weighted by Crippen LogP contribution is -2.38. The average Bonchev–Trinajstić information content (AvgIpc) is 3.34. The second-order valence-corrected chi connectivity index (χ2v) is 9.67. The third-order valence-corrected chi connectivity index (χ3v) is 7.24. The van der Waals surface area contributed by atoms with Crippen LogP contribution in [0.3, 0.4) is 0 Å². The van der Waals surface area contributed by atoms with E-state index < -0.39 is 0 Å². The van der Waals surface area contributed by atoms with Gasteiger partial charge in [-0.2, -0.15) is 0 Å². The van der Waals surface area contributed by atoms with Crippen LogP contribution in [-0.2, 0) is 0 Å². The van der Waals surface area contributed by atoms with Crippen molar-refractivity contribution in [1.29, 1.82) is 0 Å². The molecule has 0 radical (unpaired) electrons. The molecule has 2 aromatic heterocycles. The molecule has 2 aliphatic rings. The van der Waals surface area contributed by atoms with Gasteiger partial charge in [0.1, 0.15) is 10.7 Å². The molecule has 29 heavy (non-hydrogen) atoms. The van der Waals surface area contributed by atoms with Crippen LogP contribution in [0, 0.1) is 11.8 Å². The summed E-state index contributed by atoms with van der Waals surface area (Å²) in [6, 6.07) is 1.05. The van der Waals surface area contributed by atoms with Gasteiger partial charge < -0.3 is 5.32 Å². The summed E-state index contributed by atoms with van der Waals surface area (Å²) in [4.78, 5) is 13.5. The second-order valence-electron chi connectivity index (χ2n) is 8.81. The first-order valence-corrected chi connectivity index (χ1v) is 11.8. The second kappa shape index (κ2) is 8.88. The van der Waals surface area contributed by atoms with E-state index in [0.29, 0.717) is 23.9 Å². The first-order valence-electron chi connectivity index (χ1n) is 10.9. The molecule has 2 aromatic rings. The molecule has 0 bridgehead atoms. The fraction of sp³-hybridized carbons (Fsp3) is 0.542. The molecule has 5 heteroatoms. The van der Waals surface area contributed by atoms with Gasteiger partial charge in [-0.1, -0.05) is 44.8 Å². The summed E-state index contributed by atoms with van der Waals surface area (Å²) in [6.07, 6.45) is 14.4. The number of aromatic nitrogens is 3. The third-order valence-electron chi connectivity index (χ3n) is 6.37. The minimum atomic E-state index is 0.384. The fourth-order valence-corrected chi connectivity index (χ4v) is 5.78. The van der Waals surface area contributed by atoms with E-state index in [-0.39, 0.29) is 0 Å². The maximum Gasteiger partial charge on any atom is 0.144 e. The van der Waals surface area contributed by atoms with Gasteiger partial charge in [-0.3, -0.25) is 9.97 Å². The molecule has 4 rings (SSSR count). The van der Waals surface area contributed by atoms with E-state index in [0.717, 1.165) is 16.4 Å². The lowest BCUT2D eigenvalue weighted by Gasteiger charge is -2.28. The van der Waals surface area contributed by atoms with Gasteiger partial charge >= 0.3 is 0 Å². The van der Waals surface area contributed by atoms with Gasteiger partial charge in [0.2, 0.25) is 0 Å². The summed E-state index contributed by atoms with van der Waals surface area (Å²) in [5.74, 6) is 0.972. The minimum absolute atomic E-state index is 0.384. The molecule has 4 nitrogen and oxygen atoms in total. The van der Waals surface area contributed by atoms with Crippen LogP contribution in [0.5, 0.6) is 0 Å². The largest absolute Gasteiger partial charge is 0.307 e. The van der Waals surface area contributed by atoms with Gasteiger partial charge in [0.25, 0.3) is 0 Å². The van der Waals surface area contributed by atoms with Crippen LogP contribution in [0.2, 0.25) is 0 Å². The Kier molecular flexibility index (Phi) is 6.26. The summed E-state index contributed by atoms with van der Waals surface area (Å²) in [6.45, 7) is 9.29. The maximum absolute atomic E-state index is 4.94. The van der Waals surface area contributed by atoms with E-state index in [1.807, 2.05) is 0 Å². The molecule has 1 N–H and O–H groups in total. The van der Waals surface area contributed by atoms with E-state index in [4.69, 9.17) is 4.98 Å². The molecule has 0 aromatic carbocycles. The monoisotopic (exact) mass is 408 g/mol. The number of rotatable bonds is 6. The van der Waals surface area contributed by atoms with E-state index in [1.165, 1.54) is 48.8 Å². The van der Waals surface area contributed by atoms with Gasteiger partial charge in [-0.15, -0.1) is 11.3 Å². The average molecular weight is 409 g/mol. The standard InChI is InChI=1S/C24H32N4S/c1-15(2)23-16(3)19(17(4)27-18-8-6-5-7-9-18)12-20(23)22-14-29-24(28-22)21-13-25-10-11-26-21/h10-15,17-18,23,27H,5-9H2,1-4H3. The summed E-state index contributed by atoms with van der Waals surface area (Å²) in [5, 5.41) is 7.04. The first-order chi connectivity index (χ1) is 14.0. The predicted octanol–water partition coefficient (Wildman–Crippen LogP) is 5.90. The van der Waals surface area contributed by atoms with Gasteiger partial charge in [-0.25, -0.2) is 4.98 Å². The molecular weight excluding hydrogens is 376 g/mol. The summed E-state index contributed by atoms with van der Waals surface area (Å²) >= 11 is 1.65. The molecule has 2 aliphatic carbocycles. The van der Waals surface area contributed by atoms with Crippen molar-refractivity contribution in [3.8, 4) is 10.7 Å². The van der Waals surface area contributed by atoms with Crippen LogP contribution in [0.4, 0.5) is 0 Å². The number of thiazole rings is 1. The zero-order valence-corrected chi connectivity index (χ0v) is 18.8. The Morgan fingerprint density at radius 3 is 2.55 bits per heavy atom. The summed E-state index contributed by atoms with van der Waals surface area (Å²) < 4.78 is 0. The molecule has 0 amide bonds. The molecule has 1 fully saturated rings. The summed E-state index contributed by atoms with van der Waals surface area (Å²) in [5.41, 5.74) is 6.25. The Balaban J connectivity index is 1.59. The van der Waals surface area contributed by atoms with Crippen molar-refractivity contribution in [2.75, 3.05) is 0 Å². The molecule has 2 heterocycles. The van der Waals surface area contributed by atoms with Crippen LogP contribution >= 0.6 is 11.3 Å². The van der Waals surface area contributed by atoms with E-state index >= 15 is 0 Å². The Morgan fingerprint density at radius 1 is 1.07 bits per heavy atom. The lowest BCUT2D eigenvalue weighted by molar-refractivity contribution is 0.358. The van der Waals surface area contributed by atoms with E-state index in [1.54, 1.807) is 29.9 Å². The van der Waals surface area contributed by atoms with E-state index in [2.05, 4.69) is 54.4 Å². The number of nitrogens with zero attached hydrogens (tertiary/aromatic N) is 3. The third kappa shape index (κ3) is 4.36. The van der Waals surface area contributed by atoms with Crippen molar-refractivity contribution < 1.29 is 0 Å². The first kappa shape index (κ1) is 20.4. The highest BCUT2D eigenvalue weighted by atomic mass is 32.1. The Morgan fingerprint density at radius 2 is 1.86 bits per heavy atom. The SMILES string of the molecule is CC1=C(C(C)NC2CCCCC2)C=C(c2csc(-c3cnccn3)n2)C1C(C)C.